The summed E-state index contributed by atoms with van der Waals surface area (Å²) in [4.78, 5) is 27.5. The monoisotopic (exact) mass is 403 g/mol. The van der Waals surface area contributed by atoms with E-state index in [-0.39, 0.29) is 5.91 Å². The molecule has 0 saturated heterocycles. The minimum atomic E-state index is -0.457. The predicted octanol–water partition coefficient (Wildman–Crippen LogP) is 5.21. The quantitative estimate of drug-likeness (QED) is 0.570. The highest BCUT2D eigenvalue weighted by Crippen LogP contribution is 2.25. The second kappa shape index (κ2) is 11.4. The van der Waals surface area contributed by atoms with Crippen LogP contribution in [0.1, 0.15) is 52.0 Å². The van der Waals surface area contributed by atoms with E-state index in [1.807, 2.05) is 29.6 Å². The molecule has 1 heterocycles. The zero-order valence-corrected chi connectivity index (χ0v) is 17.6. The van der Waals surface area contributed by atoms with Gasteiger partial charge < -0.3 is 10.1 Å². The summed E-state index contributed by atoms with van der Waals surface area (Å²) in [6.07, 6.45) is 3.94. The van der Waals surface area contributed by atoms with Gasteiger partial charge >= 0.3 is 6.09 Å². The van der Waals surface area contributed by atoms with E-state index in [0.717, 1.165) is 42.5 Å². The minimum Gasteiger partial charge on any atom is -0.449 e. The van der Waals surface area contributed by atoms with E-state index in [1.165, 1.54) is 18.3 Å². The van der Waals surface area contributed by atoms with Crippen LogP contribution in [0.4, 0.5) is 9.93 Å². The smallest absolute Gasteiger partial charge is 0.413 e. The standard InChI is InChI=1S/C21H29N3O3S/c1-4-6-7-16(5-2)13-27-21(26)24-20-23-19(14-28-20)18-10-8-17(9-11-18)12-22-15(3)25/h8-11,14,16H,4-7,12-13H2,1-3H3,(H,22,25)(H,23,24,26). The molecule has 0 bridgehead atoms. The Morgan fingerprint density at radius 2 is 1.96 bits per heavy atom. The Morgan fingerprint density at radius 3 is 2.61 bits per heavy atom. The molecule has 28 heavy (non-hydrogen) atoms. The maximum absolute atomic E-state index is 12.0. The fourth-order valence-electron chi connectivity index (χ4n) is 2.70. The van der Waals surface area contributed by atoms with Gasteiger partial charge in [0.1, 0.15) is 0 Å². The van der Waals surface area contributed by atoms with Crippen molar-refractivity contribution in [2.75, 3.05) is 11.9 Å². The van der Waals surface area contributed by atoms with Gasteiger partial charge in [0.05, 0.1) is 12.3 Å². The fourth-order valence-corrected chi connectivity index (χ4v) is 3.40. The Balaban J connectivity index is 1.86. The normalized spacial score (nSPS) is 11.7. The minimum absolute atomic E-state index is 0.0539. The Morgan fingerprint density at radius 1 is 1.21 bits per heavy atom. The lowest BCUT2D eigenvalue weighted by molar-refractivity contribution is -0.119. The van der Waals surface area contributed by atoms with E-state index in [1.54, 1.807) is 0 Å². The first-order valence-electron chi connectivity index (χ1n) is 9.74. The van der Waals surface area contributed by atoms with Gasteiger partial charge in [-0.1, -0.05) is 57.4 Å². The zero-order valence-electron chi connectivity index (χ0n) is 16.8. The van der Waals surface area contributed by atoms with Crippen molar-refractivity contribution in [1.29, 1.82) is 0 Å². The highest BCUT2D eigenvalue weighted by atomic mass is 32.1. The van der Waals surface area contributed by atoms with Gasteiger partial charge in [0.25, 0.3) is 0 Å². The van der Waals surface area contributed by atoms with Crippen molar-refractivity contribution in [3.63, 3.8) is 0 Å². The van der Waals surface area contributed by atoms with Gasteiger partial charge in [0.2, 0.25) is 5.91 Å². The van der Waals surface area contributed by atoms with Crippen LogP contribution >= 0.6 is 11.3 Å². The number of hydrogen-bond acceptors (Lipinski definition) is 5. The van der Waals surface area contributed by atoms with Crippen molar-refractivity contribution in [1.82, 2.24) is 10.3 Å². The number of benzene rings is 1. The molecule has 2 rings (SSSR count). The van der Waals surface area contributed by atoms with Crippen LogP contribution in [0.3, 0.4) is 0 Å². The van der Waals surface area contributed by atoms with E-state index in [2.05, 4.69) is 29.5 Å². The van der Waals surface area contributed by atoms with Crippen molar-refractivity contribution >= 4 is 28.5 Å². The number of thiazole rings is 1. The maximum atomic E-state index is 12.0. The fraction of sp³-hybridized carbons (Fsp3) is 0.476. The Bertz CT molecular complexity index is 759. The van der Waals surface area contributed by atoms with Crippen molar-refractivity contribution < 1.29 is 14.3 Å². The molecule has 1 aromatic carbocycles. The first-order chi connectivity index (χ1) is 13.5. The molecule has 0 aliphatic carbocycles. The second-order valence-electron chi connectivity index (χ2n) is 6.78. The average Bonchev–Trinajstić information content (AvgIpc) is 3.15. The van der Waals surface area contributed by atoms with Crippen LogP contribution in [0.2, 0.25) is 0 Å². The summed E-state index contributed by atoms with van der Waals surface area (Å²) < 4.78 is 5.36. The molecule has 2 aromatic rings. The molecule has 0 spiro atoms. The number of nitrogens with one attached hydrogen (secondary N) is 2. The van der Waals surface area contributed by atoms with Gasteiger partial charge in [-0.05, 0) is 17.9 Å². The van der Waals surface area contributed by atoms with Crippen molar-refractivity contribution in [2.24, 2.45) is 5.92 Å². The first-order valence-corrected chi connectivity index (χ1v) is 10.6. The van der Waals surface area contributed by atoms with Crippen LogP contribution in [0.5, 0.6) is 0 Å². The molecule has 0 aliphatic rings. The largest absolute Gasteiger partial charge is 0.449 e. The van der Waals surface area contributed by atoms with E-state index in [9.17, 15) is 9.59 Å². The van der Waals surface area contributed by atoms with Gasteiger partial charge in [-0.25, -0.2) is 9.78 Å². The summed E-state index contributed by atoms with van der Waals surface area (Å²) in [5.41, 5.74) is 2.76. The topological polar surface area (TPSA) is 80.3 Å². The van der Waals surface area contributed by atoms with Crippen LogP contribution in [0, 0.1) is 5.92 Å². The summed E-state index contributed by atoms with van der Waals surface area (Å²) in [6.45, 7) is 6.72. The van der Waals surface area contributed by atoms with E-state index in [4.69, 9.17) is 4.74 Å². The molecular formula is C21H29N3O3S. The summed E-state index contributed by atoms with van der Waals surface area (Å²) in [5.74, 6) is 0.357. The molecule has 1 aromatic heterocycles. The number of rotatable bonds is 10. The highest BCUT2D eigenvalue weighted by Gasteiger charge is 2.12. The SMILES string of the molecule is CCCCC(CC)COC(=O)Nc1nc(-c2ccc(CNC(C)=O)cc2)cs1. The molecule has 2 N–H and O–H groups in total. The number of unbranched alkanes of at least 4 members (excludes halogenated alkanes) is 1. The maximum Gasteiger partial charge on any atom is 0.413 e. The van der Waals surface area contributed by atoms with Crippen molar-refractivity contribution in [3.05, 3.63) is 35.2 Å². The Hall–Kier alpha value is -2.41. The molecule has 152 valence electrons. The third-order valence-electron chi connectivity index (χ3n) is 4.50. The number of nitrogens with zero attached hydrogens (tertiary/aromatic N) is 1. The van der Waals surface area contributed by atoms with Crippen LogP contribution in [-0.4, -0.2) is 23.6 Å². The summed E-state index contributed by atoms with van der Waals surface area (Å²) in [5, 5.41) is 7.89. The van der Waals surface area contributed by atoms with Crippen molar-refractivity contribution in [2.45, 2.75) is 53.0 Å². The molecule has 2 amide bonds. The van der Waals surface area contributed by atoms with Crippen LogP contribution in [0.15, 0.2) is 29.6 Å². The number of anilines is 1. The van der Waals surface area contributed by atoms with E-state index < -0.39 is 6.09 Å². The Kier molecular flexibility index (Phi) is 8.94. The van der Waals surface area contributed by atoms with E-state index in [0.29, 0.717) is 24.2 Å². The molecule has 0 fully saturated rings. The third kappa shape index (κ3) is 7.31. The summed E-state index contributed by atoms with van der Waals surface area (Å²) >= 11 is 1.36. The number of aromatic nitrogens is 1. The van der Waals surface area contributed by atoms with Crippen LogP contribution in [-0.2, 0) is 16.1 Å². The molecular weight excluding hydrogens is 374 g/mol. The molecule has 1 atom stereocenters. The molecule has 1 unspecified atom stereocenters. The lowest BCUT2D eigenvalue weighted by atomic mass is 10.0. The van der Waals surface area contributed by atoms with Crippen LogP contribution in [0.25, 0.3) is 11.3 Å². The summed E-state index contributed by atoms with van der Waals surface area (Å²) in [7, 11) is 0. The number of carbonyl (C=O) groups is 2. The molecule has 0 saturated carbocycles. The molecule has 7 heteroatoms. The highest BCUT2D eigenvalue weighted by molar-refractivity contribution is 7.14. The van der Waals surface area contributed by atoms with Gasteiger partial charge in [0.15, 0.2) is 5.13 Å². The lowest BCUT2D eigenvalue weighted by Gasteiger charge is -2.14. The predicted molar refractivity (Wildman–Crippen MR) is 113 cm³/mol. The molecule has 0 radical (unpaired) electrons. The van der Waals surface area contributed by atoms with Crippen LogP contribution < -0.4 is 10.6 Å². The average molecular weight is 404 g/mol. The molecule has 0 aliphatic heterocycles. The number of amides is 2. The van der Waals surface area contributed by atoms with Gasteiger partial charge in [0, 0.05) is 24.4 Å². The molecule has 6 nitrogen and oxygen atoms in total. The number of ether oxygens (including phenoxy) is 1. The zero-order chi connectivity index (χ0) is 20.4. The van der Waals surface area contributed by atoms with Gasteiger partial charge in [-0.2, -0.15) is 0 Å². The summed E-state index contributed by atoms with van der Waals surface area (Å²) in [6, 6.07) is 7.81. The van der Waals surface area contributed by atoms with Gasteiger partial charge in [-0.3, -0.25) is 10.1 Å². The number of carbonyl (C=O) groups excluding carboxylic acids is 2. The number of hydrogen-bond donors (Lipinski definition) is 2. The van der Waals surface area contributed by atoms with Gasteiger partial charge in [-0.15, -0.1) is 11.3 Å². The van der Waals surface area contributed by atoms with E-state index >= 15 is 0 Å². The lowest BCUT2D eigenvalue weighted by Crippen LogP contribution is -2.18. The van der Waals surface area contributed by atoms with Crippen molar-refractivity contribution in [3.8, 4) is 11.3 Å². The second-order valence-corrected chi connectivity index (χ2v) is 7.64. The third-order valence-corrected chi connectivity index (χ3v) is 5.26. The first kappa shape index (κ1) is 21.9. The Labute approximate surface area is 170 Å².